The monoisotopic (exact) mass is 363 g/mol. The Kier molecular flexibility index (Phi) is 4.58. The van der Waals surface area contributed by atoms with Crippen molar-refractivity contribution in [2.45, 2.75) is 19.5 Å². The second-order valence-corrected chi connectivity index (χ2v) is 5.92. The third kappa shape index (κ3) is 3.79. The summed E-state index contributed by atoms with van der Waals surface area (Å²) in [4.78, 5) is 25.3. The number of hydrogen-bond donors (Lipinski definition) is 2. The van der Waals surface area contributed by atoms with Crippen LogP contribution in [0.15, 0.2) is 42.5 Å². The number of nitrogens with zero attached hydrogens (tertiary/aromatic N) is 1. The highest BCUT2D eigenvalue weighted by atomic mass is 19.4. The second kappa shape index (κ2) is 6.70. The number of fused-ring (bicyclic) bond motifs is 1. The van der Waals surface area contributed by atoms with Crippen molar-refractivity contribution >= 4 is 29.0 Å². The summed E-state index contributed by atoms with van der Waals surface area (Å²) in [5.74, 6) is -0.0740. The summed E-state index contributed by atoms with van der Waals surface area (Å²) in [6.07, 6.45) is -3.67. The number of hydrogen-bond acceptors (Lipinski definition) is 2. The molecule has 3 amide bonds. The molecule has 8 heteroatoms. The van der Waals surface area contributed by atoms with Gasteiger partial charge in [-0.25, -0.2) is 4.79 Å². The number of halogens is 3. The van der Waals surface area contributed by atoms with Crippen LogP contribution in [0.4, 0.5) is 35.0 Å². The summed E-state index contributed by atoms with van der Waals surface area (Å²) < 4.78 is 37.6. The highest BCUT2D eigenvalue weighted by molar-refractivity contribution is 6.01. The smallest absolute Gasteiger partial charge is 0.312 e. The molecule has 0 bridgehead atoms. The van der Waals surface area contributed by atoms with Gasteiger partial charge in [0.15, 0.2) is 0 Å². The van der Waals surface area contributed by atoms with E-state index in [0.29, 0.717) is 12.2 Å². The normalized spacial score (nSPS) is 13.3. The number of urea groups is 1. The lowest BCUT2D eigenvalue weighted by Gasteiger charge is -2.16. The number of carbonyl (C=O) groups is 2. The topological polar surface area (TPSA) is 61.4 Å². The van der Waals surface area contributed by atoms with Gasteiger partial charge < -0.3 is 15.5 Å². The molecule has 0 fully saturated rings. The van der Waals surface area contributed by atoms with Crippen molar-refractivity contribution in [1.82, 2.24) is 0 Å². The molecule has 1 aliphatic rings. The molecule has 0 atom stereocenters. The summed E-state index contributed by atoms with van der Waals surface area (Å²) in [6, 6.07) is 8.84. The zero-order valence-corrected chi connectivity index (χ0v) is 13.9. The molecule has 0 saturated heterocycles. The summed E-state index contributed by atoms with van der Waals surface area (Å²) in [5.41, 5.74) is 1.72. The van der Waals surface area contributed by atoms with Crippen molar-refractivity contribution in [2.24, 2.45) is 0 Å². The lowest BCUT2D eigenvalue weighted by atomic mass is 10.1. The van der Waals surface area contributed by atoms with Crippen LogP contribution in [-0.4, -0.2) is 18.5 Å². The minimum absolute atomic E-state index is 0.0740. The van der Waals surface area contributed by atoms with E-state index in [-0.39, 0.29) is 11.6 Å². The molecule has 0 spiro atoms. The van der Waals surface area contributed by atoms with Crippen LogP contribution in [0.3, 0.4) is 0 Å². The van der Waals surface area contributed by atoms with E-state index in [1.54, 1.807) is 17.0 Å². The number of nitrogens with one attached hydrogen (secondary N) is 2. The molecule has 26 heavy (non-hydrogen) atoms. The number of carbonyl (C=O) groups excluding carboxylic acids is 2. The van der Waals surface area contributed by atoms with Crippen LogP contribution in [0.25, 0.3) is 0 Å². The Labute approximate surface area is 147 Å². The Morgan fingerprint density at radius 1 is 1.00 bits per heavy atom. The standard InChI is InChI=1S/C18H16F3N3O2/c1-11(25)24-9-8-12-2-5-15(10-16(12)24)23-17(26)22-14-6-3-13(4-7-14)18(19,20)21/h2-7,10H,8-9H2,1H3,(H2,22,23,26). The molecule has 0 radical (unpaired) electrons. The van der Waals surface area contributed by atoms with Crippen molar-refractivity contribution in [3.8, 4) is 0 Å². The summed E-state index contributed by atoms with van der Waals surface area (Å²) in [6.45, 7) is 2.08. The van der Waals surface area contributed by atoms with E-state index in [0.717, 1.165) is 29.8 Å². The predicted octanol–water partition coefficient (Wildman–Crippen LogP) is 4.26. The molecule has 0 aliphatic carbocycles. The van der Waals surface area contributed by atoms with E-state index in [1.165, 1.54) is 19.1 Å². The van der Waals surface area contributed by atoms with Crippen LogP contribution in [0.1, 0.15) is 18.1 Å². The van der Waals surface area contributed by atoms with Gasteiger partial charge in [-0.05, 0) is 48.4 Å². The zero-order chi connectivity index (χ0) is 18.9. The largest absolute Gasteiger partial charge is 0.416 e. The quantitative estimate of drug-likeness (QED) is 0.838. The molecule has 5 nitrogen and oxygen atoms in total. The molecular weight excluding hydrogens is 347 g/mol. The first kappa shape index (κ1) is 17.8. The van der Waals surface area contributed by atoms with Crippen LogP contribution in [0.2, 0.25) is 0 Å². The van der Waals surface area contributed by atoms with E-state index in [2.05, 4.69) is 10.6 Å². The van der Waals surface area contributed by atoms with Gasteiger partial charge >= 0.3 is 12.2 Å². The van der Waals surface area contributed by atoms with E-state index < -0.39 is 17.8 Å². The van der Waals surface area contributed by atoms with Gasteiger partial charge in [0.1, 0.15) is 0 Å². The van der Waals surface area contributed by atoms with Crippen molar-refractivity contribution in [1.29, 1.82) is 0 Å². The van der Waals surface area contributed by atoms with Crippen molar-refractivity contribution in [2.75, 3.05) is 22.1 Å². The van der Waals surface area contributed by atoms with Gasteiger partial charge in [0, 0.05) is 30.5 Å². The summed E-state index contributed by atoms with van der Waals surface area (Å²) in [5, 5.41) is 5.09. The molecule has 0 aromatic heterocycles. The number of anilines is 3. The Hall–Kier alpha value is -3.03. The van der Waals surface area contributed by atoms with Gasteiger partial charge in [0.05, 0.1) is 5.56 Å². The summed E-state index contributed by atoms with van der Waals surface area (Å²) >= 11 is 0. The van der Waals surface area contributed by atoms with Gasteiger partial charge in [0.2, 0.25) is 5.91 Å². The number of amides is 3. The zero-order valence-electron chi connectivity index (χ0n) is 13.9. The van der Waals surface area contributed by atoms with Crippen LogP contribution < -0.4 is 15.5 Å². The maximum absolute atomic E-state index is 12.5. The average Bonchev–Trinajstić information content (AvgIpc) is 2.97. The third-order valence-electron chi connectivity index (χ3n) is 4.09. The van der Waals surface area contributed by atoms with Gasteiger partial charge in [-0.2, -0.15) is 13.2 Å². The first-order valence-corrected chi connectivity index (χ1v) is 7.90. The highest BCUT2D eigenvalue weighted by Gasteiger charge is 2.30. The number of alkyl halides is 3. The number of benzene rings is 2. The van der Waals surface area contributed by atoms with E-state index in [1.807, 2.05) is 6.07 Å². The SMILES string of the molecule is CC(=O)N1CCc2ccc(NC(=O)Nc3ccc(C(F)(F)F)cc3)cc21. The van der Waals surface area contributed by atoms with Gasteiger partial charge in [-0.1, -0.05) is 6.07 Å². The van der Waals surface area contributed by atoms with E-state index in [9.17, 15) is 22.8 Å². The lowest BCUT2D eigenvalue weighted by molar-refractivity contribution is -0.137. The van der Waals surface area contributed by atoms with Crippen molar-refractivity contribution in [3.63, 3.8) is 0 Å². The molecule has 1 aliphatic heterocycles. The maximum Gasteiger partial charge on any atom is 0.416 e. The average molecular weight is 363 g/mol. The Bertz CT molecular complexity index is 848. The Balaban J connectivity index is 1.67. The number of rotatable bonds is 2. The fraction of sp³-hybridized carbons (Fsp3) is 0.222. The molecule has 136 valence electrons. The van der Waals surface area contributed by atoms with Crippen LogP contribution in [-0.2, 0) is 17.4 Å². The molecule has 2 aromatic carbocycles. The molecule has 1 heterocycles. The van der Waals surface area contributed by atoms with Crippen LogP contribution in [0.5, 0.6) is 0 Å². The Morgan fingerprint density at radius 3 is 2.23 bits per heavy atom. The van der Waals surface area contributed by atoms with Crippen LogP contribution in [0, 0.1) is 0 Å². The fourth-order valence-corrected chi connectivity index (χ4v) is 2.82. The predicted molar refractivity (Wildman–Crippen MR) is 92.3 cm³/mol. The molecule has 3 rings (SSSR count). The van der Waals surface area contributed by atoms with Gasteiger partial charge in [-0.3, -0.25) is 4.79 Å². The molecular formula is C18H16F3N3O2. The first-order chi connectivity index (χ1) is 12.2. The summed E-state index contributed by atoms with van der Waals surface area (Å²) in [7, 11) is 0. The second-order valence-electron chi connectivity index (χ2n) is 5.92. The maximum atomic E-state index is 12.5. The van der Waals surface area contributed by atoms with Crippen LogP contribution >= 0.6 is 0 Å². The van der Waals surface area contributed by atoms with Gasteiger partial charge in [0.25, 0.3) is 0 Å². The molecule has 0 unspecified atom stereocenters. The minimum Gasteiger partial charge on any atom is -0.312 e. The molecule has 2 N–H and O–H groups in total. The fourth-order valence-electron chi connectivity index (χ4n) is 2.82. The van der Waals surface area contributed by atoms with Crippen molar-refractivity contribution in [3.05, 3.63) is 53.6 Å². The van der Waals surface area contributed by atoms with E-state index in [4.69, 9.17) is 0 Å². The van der Waals surface area contributed by atoms with Gasteiger partial charge in [-0.15, -0.1) is 0 Å². The van der Waals surface area contributed by atoms with Crippen molar-refractivity contribution < 1.29 is 22.8 Å². The third-order valence-corrected chi connectivity index (χ3v) is 4.09. The molecule has 0 saturated carbocycles. The highest BCUT2D eigenvalue weighted by Crippen LogP contribution is 2.31. The minimum atomic E-state index is -4.42. The molecule has 2 aromatic rings. The first-order valence-electron chi connectivity index (χ1n) is 7.90. The van der Waals surface area contributed by atoms with E-state index >= 15 is 0 Å². The lowest BCUT2D eigenvalue weighted by Crippen LogP contribution is -2.26. The Morgan fingerprint density at radius 2 is 1.62 bits per heavy atom.